The molecule has 0 aliphatic heterocycles. The lowest BCUT2D eigenvalue weighted by atomic mass is 10.2. The fourth-order valence-electron chi connectivity index (χ4n) is 1.28. The van der Waals surface area contributed by atoms with Crippen LogP contribution in [-0.4, -0.2) is 9.97 Å². The number of nitrogens with zero attached hydrogens (tertiary/aromatic N) is 3. The summed E-state index contributed by atoms with van der Waals surface area (Å²) in [5.41, 5.74) is -0.702. The van der Waals surface area contributed by atoms with E-state index in [0.717, 1.165) is 23.7 Å². The molecule has 18 heavy (non-hydrogen) atoms. The minimum Gasteiger partial charge on any atom is -0.235 e. The summed E-state index contributed by atoms with van der Waals surface area (Å²) in [6, 6.07) is 3.76. The molecule has 8 heteroatoms. The smallest absolute Gasteiger partial charge is 0.235 e. The molecule has 2 aromatic heterocycles. The minimum absolute atomic E-state index is 0.125. The quantitative estimate of drug-likeness (QED) is 0.751. The van der Waals surface area contributed by atoms with Gasteiger partial charge in [0.2, 0.25) is 0 Å². The van der Waals surface area contributed by atoms with E-state index in [1.54, 1.807) is 0 Å². The molecule has 0 aliphatic rings. The van der Waals surface area contributed by atoms with Crippen LogP contribution in [0.1, 0.15) is 10.4 Å². The summed E-state index contributed by atoms with van der Waals surface area (Å²) in [6.45, 7) is 0. The predicted molar refractivity (Wildman–Crippen MR) is 60.1 cm³/mol. The molecule has 0 saturated heterocycles. The largest absolute Gasteiger partial charge is 0.418 e. The van der Waals surface area contributed by atoms with Crippen LogP contribution >= 0.6 is 22.9 Å². The molecule has 0 unspecified atom stereocenters. The van der Waals surface area contributed by atoms with E-state index in [2.05, 4.69) is 9.97 Å². The summed E-state index contributed by atoms with van der Waals surface area (Å²) in [7, 11) is 0. The lowest BCUT2D eigenvalue weighted by molar-refractivity contribution is -0.137. The molecule has 0 N–H and O–H groups in total. The zero-order valence-electron chi connectivity index (χ0n) is 8.49. The molecule has 2 rings (SSSR count). The standard InChI is InChI=1S/C10H3ClF3N3S/c11-9-2-6(16-4-17-9)7-1-5(10(12,13)14)8(3-15)18-7/h1-2,4H. The fourth-order valence-corrected chi connectivity index (χ4v) is 2.37. The minimum atomic E-state index is -4.56. The first kappa shape index (κ1) is 12.8. The Bertz CT molecular complexity index is 630. The number of thiophene rings is 1. The van der Waals surface area contributed by atoms with Crippen LogP contribution in [0.5, 0.6) is 0 Å². The Balaban J connectivity index is 2.55. The molecule has 0 aromatic carbocycles. The van der Waals surface area contributed by atoms with Crippen molar-refractivity contribution < 1.29 is 13.2 Å². The van der Waals surface area contributed by atoms with Crippen molar-refractivity contribution in [3.05, 3.63) is 34.1 Å². The first-order valence-electron chi connectivity index (χ1n) is 4.51. The Kier molecular flexibility index (Phi) is 3.24. The van der Waals surface area contributed by atoms with E-state index in [-0.39, 0.29) is 15.7 Å². The van der Waals surface area contributed by atoms with E-state index in [0.29, 0.717) is 0 Å². The van der Waals surface area contributed by atoms with Crippen molar-refractivity contribution in [2.75, 3.05) is 0 Å². The SMILES string of the molecule is N#Cc1sc(-c2cc(Cl)ncn2)cc1C(F)(F)F. The third kappa shape index (κ3) is 2.44. The Morgan fingerprint density at radius 1 is 1.28 bits per heavy atom. The van der Waals surface area contributed by atoms with E-state index in [1.165, 1.54) is 12.1 Å². The lowest BCUT2D eigenvalue weighted by Crippen LogP contribution is -2.04. The molecule has 2 aromatic rings. The van der Waals surface area contributed by atoms with Gasteiger partial charge in [-0.1, -0.05) is 11.6 Å². The molecule has 0 atom stereocenters. The fraction of sp³-hybridized carbons (Fsp3) is 0.100. The number of rotatable bonds is 1. The number of alkyl halides is 3. The van der Waals surface area contributed by atoms with Gasteiger partial charge in [0, 0.05) is 6.07 Å². The third-order valence-electron chi connectivity index (χ3n) is 2.03. The van der Waals surface area contributed by atoms with Crippen LogP contribution in [-0.2, 0) is 6.18 Å². The maximum atomic E-state index is 12.6. The number of halogens is 4. The molecule has 0 aliphatic carbocycles. The molecular weight excluding hydrogens is 287 g/mol. The number of aromatic nitrogens is 2. The summed E-state index contributed by atoms with van der Waals surface area (Å²) in [4.78, 5) is 7.28. The van der Waals surface area contributed by atoms with Crippen molar-refractivity contribution in [2.45, 2.75) is 6.18 Å². The molecule has 0 fully saturated rings. The van der Waals surface area contributed by atoms with Crippen LogP contribution in [0, 0.1) is 11.3 Å². The molecule has 0 radical (unpaired) electrons. The topological polar surface area (TPSA) is 49.6 Å². The second-order valence-electron chi connectivity index (χ2n) is 3.19. The van der Waals surface area contributed by atoms with Gasteiger partial charge in [0.25, 0.3) is 0 Å². The van der Waals surface area contributed by atoms with Gasteiger partial charge in [-0.15, -0.1) is 11.3 Å². The summed E-state index contributed by atoms with van der Waals surface area (Å²) in [5.74, 6) is 0. The van der Waals surface area contributed by atoms with Gasteiger partial charge in [0.05, 0.1) is 16.1 Å². The van der Waals surface area contributed by atoms with Crippen molar-refractivity contribution in [1.82, 2.24) is 9.97 Å². The molecule has 0 spiro atoms. The Morgan fingerprint density at radius 3 is 2.50 bits per heavy atom. The van der Waals surface area contributed by atoms with Gasteiger partial charge in [-0.25, -0.2) is 9.97 Å². The average molecular weight is 290 g/mol. The van der Waals surface area contributed by atoms with Gasteiger partial charge in [-0.05, 0) is 6.07 Å². The second-order valence-corrected chi connectivity index (χ2v) is 4.63. The first-order chi connectivity index (χ1) is 8.41. The monoisotopic (exact) mass is 289 g/mol. The summed E-state index contributed by atoms with van der Waals surface area (Å²) in [6.07, 6.45) is -3.41. The van der Waals surface area contributed by atoms with E-state index in [9.17, 15) is 13.2 Å². The van der Waals surface area contributed by atoms with Crippen LogP contribution in [0.4, 0.5) is 13.2 Å². The highest BCUT2D eigenvalue weighted by Gasteiger charge is 2.35. The van der Waals surface area contributed by atoms with Crippen molar-refractivity contribution in [1.29, 1.82) is 5.26 Å². The van der Waals surface area contributed by atoms with Gasteiger partial charge in [-0.3, -0.25) is 0 Å². The molecule has 0 amide bonds. The van der Waals surface area contributed by atoms with Crippen LogP contribution in [0.25, 0.3) is 10.6 Å². The van der Waals surface area contributed by atoms with E-state index < -0.39 is 16.6 Å². The van der Waals surface area contributed by atoms with Crippen molar-refractivity contribution in [2.24, 2.45) is 0 Å². The summed E-state index contributed by atoms with van der Waals surface area (Å²) >= 11 is 6.35. The number of nitriles is 1. The lowest BCUT2D eigenvalue weighted by Gasteiger charge is -2.02. The highest BCUT2D eigenvalue weighted by Crippen LogP contribution is 2.39. The van der Waals surface area contributed by atoms with Gasteiger partial charge in [0.15, 0.2) is 0 Å². The van der Waals surface area contributed by atoms with Crippen molar-refractivity contribution in [3.63, 3.8) is 0 Å². The van der Waals surface area contributed by atoms with Crippen LogP contribution in [0.2, 0.25) is 5.15 Å². The second kappa shape index (κ2) is 4.55. The number of hydrogen-bond acceptors (Lipinski definition) is 4. The van der Waals surface area contributed by atoms with Crippen molar-refractivity contribution >= 4 is 22.9 Å². The highest BCUT2D eigenvalue weighted by molar-refractivity contribution is 7.16. The average Bonchev–Trinajstić information content (AvgIpc) is 2.72. The molecule has 0 bridgehead atoms. The summed E-state index contributed by atoms with van der Waals surface area (Å²) < 4.78 is 37.9. The highest BCUT2D eigenvalue weighted by atomic mass is 35.5. The van der Waals surface area contributed by atoms with E-state index >= 15 is 0 Å². The Morgan fingerprint density at radius 2 is 2.00 bits per heavy atom. The van der Waals surface area contributed by atoms with E-state index in [4.69, 9.17) is 16.9 Å². The zero-order chi connectivity index (χ0) is 13.3. The maximum Gasteiger partial charge on any atom is 0.418 e. The zero-order valence-corrected chi connectivity index (χ0v) is 10.1. The Hall–Kier alpha value is -1.65. The predicted octanol–water partition coefficient (Wildman–Crippen LogP) is 3.75. The van der Waals surface area contributed by atoms with Crippen molar-refractivity contribution in [3.8, 4) is 16.6 Å². The Labute approximate surface area is 108 Å². The van der Waals surface area contributed by atoms with Gasteiger partial charge < -0.3 is 0 Å². The van der Waals surface area contributed by atoms with E-state index in [1.807, 2.05) is 0 Å². The van der Waals surface area contributed by atoms with Crippen LogP contribution in [0.3, 0.4) is 0 Å². The normalized spacial score (nSPS) is 11.3. The van der Waals surface area contributed by atoms with Gasteiger partial charge in [-0.2, -0.15) is 18.4 Å². The molecule has 2 heterocycles. The summed E-state index contributed by atoms with van der Waals surface area (Å²) in [5, 5.41) is 8.82. The first-order valence-corrected chi connectivity index (χ1v) is 5.70. The molecule has 3 nitrogen and oxygen atoms in total. The maximum absolute atomic E-state index is 12.6. The molecule has 92 valence electrons. The van der Waals surface area contributed by atoms with Crippen LogP contribution < -0.4 is 0 Å². The molecular formula is C10H3ClF3N3S. The van der Waals surface area contributed by atoms with Crippen LogP contribution in [0.15, 0.2) is 18.5 Å². The number of hydrogen-bond donors (Lipinski definition) is 0. The molecule has 0 saturated carbocycles. The third-order valence-corrected chi connectivity index (χ3v) is 3.29. The van der Waals surface area contributed by atoms with Gasteiger partial charge >= 0.3 is 6.18 Å². The van der Waals surface area contributed by atoms with Gasteiger partial charge in [0.1, 0.15) is 22.4 Å².